The van der Waals surface area contributed by atoms with Crippen molar-refractivity contribution in [2.45, 2.75) is 6.36 Å². The van der Waals surface area contributed by atoms with Gasteiger partial charge in [-0.05, 0) is 18.2 Å². The van der Waals surface area contributed by atoms with Crippen LogP contribution >= 0.6 is 0 Å². The van der Waals surface area contributed by atoms with Gasteiger partial charge in [0.1, 0.15) is 11.3 Å². The minimum absolute atomic E-state index is 0.278. The predicted octanol–water partition coefficient (Wildman–Crippen LogP) is 3.33. The fourth-order valence-corrected chi connectivity index (χ4v) is 1.13. The summed E-state index contributed by atoms with van der Waals surface area (Å²) in [6.07, 6.45) is -3.26. The monoisotopic (exact) mass is 202 g/mol. The minimum atomic E-state index is -4.67. The van der Waals surface area contributed by atoms with Crippen LogP contribution < -0.4 is 4.74 Å². The van der Waals surface area contributed by atoms with Crippen LogP contribution in [-0.4, -0.2) is 6.36 Å². The number of rotatable bonds is 1. The highest BCUT2D eigenvalue weighted by atomic mass is 19.4. The van der Waals surface area contributed by atoms with Gasteiger partial charge in [0.2, 0.25) is 0 Å². The van der Waals surface area contributed by atoms with Crippen LogP contribution in [0.25, 0.3) is 11.0 Å². The molecule has 14 heavy (non-hydrogen) atoms. The summed E-state index contributed by atoms with van der Waals surface area (Å²) < 4.78 is 44.1. The van der Waals surface area contributed by atoms with Crippen molar-refractivity contribution in [2.75, 3.05) is 0 Å². The summed E-state index contributed by atoms with van der Waals surface area (Å²) in [7, 11) is 0. The minimum Gasteiger partial charge on any atom is -0.464 e. The second-order valence-electron chi connectivity index (χ2n) is 2.67. The van der Waals surface area contributed by atoms with E-state index in [1.165, 1.54) is 24.5 Å². The standard InChI is InChI=1S/C9H5F3O2/c10-9(11,12)14-7-2-1-6-3-4-13-8(6)5-7/h1-5H. The van der Waals surface area contributed by atoms with E-state index in [0.29, 0.717) is 5.58 Å². The Labute approximate surface area is 76.9 Å². The van der Waals surface area contributed by atoms with E-state index in [9.17, 15) is 13.2 Å². The molecule has 0 amide bonds. The fourth-order valence-electron chi connectivity index (χ4n) is 1.13. The number of halogens is 3. The van der Waals surface area contributed by atoms with Gasteiger partial charge in [-0.25, -0.2) is 0 Å². The summed E-state index contributed by atoms with van der Waals surface area (Å²) >= 11 is 0. The Morgan fingerprint density at radius 3 is 2.64 bits per heavy atom. The number of alkyl halides is 3. The maximum Gasteiger partial charge on any atom is 0.573 e. The van der Waals surface area contributed by atoms with E-state index in [2.05, 4.69) is 4.74 Å². The van der Waals surface area contributed by atoms with Crippen LogP contribution in [0.3, 0.4) is 0 Å². The molecule has 74 valence electrons. The van der Waals surface area contributed by atoms with Crippen molar-refractivity contribution in [1.29, 1.82) is 0 Å². The molecule has 5 heteroatoms. The number of fused-ring (bicyclic) bond motifs is 1. The third kappa shape index (κ3) is 1.81. The van der Waals surface area contributed by atoms with Crippen molar-refractivity contribution < 1.29 is 22.3 Å². The number of benzene rings is 1. The zero-order chi connectivity index (χ0) is 10.2. The summed E-state index contributed by atoms with van der Waals surface area (Å²) in [6.45, 7) is 0. The highest BCUT2D eigenvalue weighted by molar-refractivity contribution is 5.78. The van der Waals surface area contributed by atoms with Gasteiger partial charge in [0, 0.05) is 11.5 Å². The van der Waals surface area contributed by atoms with Gasteiger partial charge in [-0.2, -0.15) is 0 Å². The third-order valence-electron chi connectivity index (χ3n) is 1.66. The molecule has 1 aromatic heterocycles. The number of ether oxygens (including phenoxy) is 1. The molecular weight excluding hydrogens is 197 g/mol. The summed E-state index contributed by atoms with van der Waals surface area (Å²) in [5, 5.41) is 0.736. The molecule has 0 aliphatic heterocycles. The number of hydrogen-bond donors (Lipinski definition) is 0. The summed E-state index contributed by atoms with van der Waals surface area (Å²) in [6, 6.07) is 5.60. The van der Waals surface area contributed by atoms with Crippen LogP contribution in [0.1, 0.15) is 0 Å². The lowest BCUT2D eigenvalue weighted by Crippen LogP contribution is -2.16. The quantitative estimate of drug-likeness (QED) is 0.707. The molecular formula is C9H5F3O2. The van der Waals surface area contributed by atoms with Crippen molar-refractivity contribution in [1.82, 2.24) is 0 Å². The highest BCUT2D eigenvalue weighted by Crippen LogP contribution is 2.26. The first-order valence-corrected chi connectivity index (χ1v) is 3.78. The molecule has 2 aromatic rings. The van der Waals surface area contributed by atoms with Gasteiger partial charge in [-0.1, -0.05) is 0 Å². The van der Waals surface area contributed by atoms with Crippen LogP contribution in [0.5, 0.6) is 5.75 Å². The van der Waals surface area contributed by atoms with Crippen molar-refractivity contribution in [3.8, 4) is 5.75 Å². The maximum atomic E-state index is 11.8. The van der Waals surface area contributed by atoms with Crippen molar-refractivity contribution in [3.63, 3.8) is 0 Å². The topological polar surface area (TPSA) is 22.4 Å². The second kappa shape index (κ2) is 2.94. The van der Waals surface area contributed by atoms with Crippen LogP contribution in [0.4, 0.5) is 13.2 Å². The Hall–Kier alpha value is -1.65. The average molecular weight is 202 g/mol. The fraction of sp³-hybridized carbons (Fsp3) is 0.111. The van der Waals surface area contributed by atoms with E-state index >= 15 is 0 Å². The average Bonchev–Trinajstić information content (AvgIpc) is 2.47. The van der Waals surface area contributed by atoms with E-state index in [-0.39, 0.29) is 5.75 Å². The SMILES string of the molecule is FC(F)(F)Oc1ccc2ccoc2c1. The molecule has 0 atom stereocenters. The third-order valence-corrected chi connectivity index (χ3v) is 1.66. The molecule has 0 aliphatic carbocycles. The molecule has 2 rings (SSSR count). The molecule has 1 heterocycles. The summed E-state index contributed by atoms with van der Waals surface area (Å²) in [5.74, 6) is -0.278. The Balaban J connectivity index is 2.35. The first-order chi connectivity index (χ1) is 6.54. The molecule has 0 bridgehead atoms. The molecule has 0 N–H and O–H groups in total. The van der Waals surface area contributed by atoms with Gasteiger partial charge in [0.25, 0.3) is 0 Å². The van der Waals surface area contributed by atoms with Gasteiger partial charge < -0.3 is 9.15 Å². The van der Waals surface area contributed by atoms with E-state index in [1.807, 2.05) is 0 Å². The first-order valence-electron chi connectivity index (χ1n) is 3.78. The lowest BCUT2D eigenvalue weighted by molar-refractivity contribution is -0.274. The van der Waals surface area contributed by atoms with Crippen molar-refractivity contribution in [3.05, 3.63) is 30.5 Å². The van der Waals surface area contributed by atoms with Gasteiger partial charge in [-0.3, -0.25) is 0 Å². The van der Waals surface area contributed by atoms with Gasteiger partial charge >= 0.3 is 6.36 Å². The van der Waals surface area contributed by atoms with Crippen molar-refractivity contribution in [2.24, 2.45) is 0 Å². The maximum absolute atomic E-state index is 11.8. The zero-order valence-corrected chi connectivity index (χ0v) is 6.84. The number of hydrogen-bond acceptors (Lipinski definition) is 2. The van der Waals surface area contributed by atoms with E-state index in [1.54, 1.807) is 6.07 Å². The Bertz CT molecular complexity index is 444. The van der Waals surface area contributed by atoms with Crippen molar-refractivity contribution >= 4 is 11.0 Å². The second-order valence-corrected chi connectivity index (χ2v) is 2.67. The van der Waals surface area contributed by atoms with Crippen LogP contribution in [0.2, 0.25) is 0 Å². The predicted molar refractivity (Wildman–Crippen MR) is 42.9 cm³/mol. The lowest BCUT2D eigenvalue weighted by atomic mass is 10.2. The van der Waals surface area contributed by atoms with Crippen LogP contribution in [0.15, 0.2) is 34.9 Å². The van der Waals surface area contributed by atoms with Crippen LogP contribution in [-0.2, 0) is 0 Å². The van der Waals surface area contributed by atoms with E-state index in [4.69, 9.17) is 4.42 Å². The Morgan fingerprint density at radius 1 is 1.14 bits per heavy atom. The Kier molecular flexibility index (Phi) is 1.87. The normalized spacial score (nSPS) is 11.9. The molecule has 0 unspecified atom stereocenters. The molecule has 2 nitrogen and oxygen atoms in total. The smallest absolute Gasteiger partial charge is 0.464 e. The largest absolute Gasteiger partial charge is 0.573 e. The van der Waals surface area contributed by atoms with Crippen LogP contribution in [0, 0.1) is 0 Å². The first kappa shape index (κ1) is 8.93. The Morgan fingerprint density at radius 2 is 1.93 bits per heavy atom. The molecule has 0 radical (unpaired) electrons. The van der Waals surface area contributed by atoms with Gasteiger partial charge in [0.15, 0.2) is 0 Å². The number of furan rings is 1. The molecule has 0 aliphatic rings. The molecule has 0 saturated heterocycles. The highest BCUT2D eigenvalue weighted by Gasteiger charge is 2.31. The van der Waals surface area contributed by atoms with Gasteiger partial charge in [0.05, 0.1) is 6.26 Å². The van der Waals surface area contributed by atoms with E-state index in [0.717, 1.165) is 5.39 Å². The molecule has 0 fully saturated rings. The molecule has 0 spiro atoms. The van der Waals surface area contributed by atoms with Gasteiger partial charge in [-0.15, -0.1) is 13.2 Å². The lowest BCUT2D eigenvalue weighted by Gasteiger charge is -2.07. The molecule has 0 saturated carbocycles. The van der Waals surface area contributed by atoms with E-state index < -0.39 is 6.36 Å². The summed E-state index contributed by atoms with van der Waals surface area (Å²) in [4.78, 5) is 0. The molecule has 1 aromatic carbocycles. The zero-order valence-electron chi connectivity index (χ0n) is 6.84. The summed E-state index contributed by atoms with van der Waals surface area (Å²) in [5.41, 5.74) is 0.367.